The zero-order chi connectivity index (χ0) is 22.3. The molecule has 0 fully saturated rings. The lowest BCUT2D eigenvalue weighted by Crippen LogP contribution is -2.07. The monoisotopic (exact) mass is 425 g/mol. The number of pyridine rings is 1. The van der Waals surface area contributed by atoms with Crippen molar-refractivity contribution in [3.8, 4) is 17.6 Å². The molecule has 4 nitrogen and oxygen atoms in total. The third-order valence-electron chi connectivity index (χ3n) is 4.41. The molecule has 0 amide bonds. The lowest BCUT2D eigenvalue weighted by atomic mass is 9.99. The number of aromatic carboxylic acids is 1. The van der Waals surface area contributed by atoms with Crippen molar-refractivity contribution < 1.29 is 27.8 Å². The molecule has 0 radical (unpaired) electrons. The molecule has 0 saturated carbocycles. The van der Waals surface area contributed by atoms with E-state index in [0.717, 1.165) is 6.07 Å². The Morgan fingerprint density at radius 1 is 1.03 bits per heavy atom. The van der Waals surface area contributed by atoms with Gasteiger partial charge in [0, 0.05) is 17.3 Å². The molecular weight excluding hydrogens is 407 g/mol. The number of rotatable bonds is 6. The number of aryl methyl sites for hydroxylation is 1. The van der Waals surface area contributed by atoms with E-state index < -0.39 is 17.7 Å². The standard InChI is InChI=1S/C24H18F3NO3/c25-24(26,27)22-8-2-1-5-18(22)11-9-17-10-12-20(23(29)30)15-19(17)6-4-14-31-21-7-3-13-28-16-21/h1-3,5,7-8,10,12-13,15-16H,4,6,14H2,(H,29,30). The summed E-state index contributed by atoms with van der Waals surface area (Å²) in [5.74, 6) is 4.89. The average molecular weight is 425 g/mol. The van der Waals surface area contributed by atoms with E-state index in [1.807, 2.05) is 0 Å². The third-order valence-corrected chi connectivity index (χ3v) is 4.41. The van der Waals surface area contributed by atoms with E-state index in [9.17, 15) is 23.1 Å². The van der Waals surface area contributed by atoms with Gasteiger partial charge in [0.25, 0.3) is 0 Å². The second kappa shape index (κ2) is 9.81. The largest absolute Gasteiger partial charge is 0.492 e. The van der Waals surface area contributed by atoms with Gasteiger partial charge in [-0.1, -0.05) is 24.0 Å². The van der Waals surface area contributed by atoms with Crippen molar-refractivity contribution in [3.05, 3.63) is 94.8 Å². The number of benzene rings is 2. The van der Waals surface area contributed by atoms with Crippen molar-refractivity contribution >= 4 is 5.97 Å². The smallest absolute Gasteiger partial charge is 0.417 e. The van der Waals surface area contributed by atoms with Crippen LogP contribution >= 0.6 is 0 Å². The van der Waals surface area contributed by atoms with E-state index in [2.05, 4.69) is 16.8 Å². The van der Waals surface area contributed by atoms with Gasteiger partial charge in [0.1, 0.15) is 5.75 Å². The number of ether oxygens (including phenoxy) is 1. The first-order valence-electron chi connectivity index (χ1n) is 9.42. The van der Waals surface area contributed by atoms with Crippen molar-refractivity contribution in [1.82, 2.24) is 4.98 Å². The second-order valence-corrected chi connectivity index (χ2v) is 6.61. The summed E-state index contributed by atoms with van der Waals surface area (Å²) in [6.07, 6.45) is -0.283. The topological polar surface area (TPSA) is 59.4 Å². The van der Waals surface area contributed by atoms with E-state index >= 15 is 0 Å². The maximum absolute atomic E-state index is 13.2. The summed E-state index contributed by atoms with van der Waals surface area (Å²) in [7, 11) is 0. The highest BCUT2D eigenvalue weighted by atomic mass is 19.4. The average Bonchev–Trinajstić information content (AvgIpc) is 2.76. The van der Waals surface area contributed by atoms with Crippen LogP contribution in [0.5, 0.6) is 5.75 Å². The van der Waals surface area contributed by atoms with Crippen LogP contribution in [-0.2, 0) is 12.6 Å². The number of hydrogen-bond acceptors (Lipinski definition) is 3. The summed E-state index contributed by atoms with van der Waals surface area (Å²) in [6.45, 7) is 0.368. The molecule has 0 aliphatic heterocycles. The number of alkyl halides is 3. The first-order chi connectivity index (χ1) is 14.8. The molecular formula is C24H18F3NO3. The lowest BCUT2D eigenvalue weighted by Gasteiger charge is -2.09. The minimum absolute atomic E-state index is 0.0874. The number of carboxylic acid groups (broad SMARTS) is 1. The van der Waals surface area contributed by atoms with Gasteiger partial charge in [0.05, 0.1) is 23.9 Å². The molecule has 158 valence electrons. The fraction of sp³-hybridized carbons (Fsp3) is 0.167. The Kier molecular flexibility index (Phi) is 6.93. The molecule has 0 aliphatic rings. The van der Waals surface area contributed by atoms with Gasteiger partial charge in [-0.2, -0.15) is 13.2 Å². The number of carboxylic acids is 1. The predicted molar refractivity (Wildman–Crippen MR) is 109 cm³/mol. The molecule has 0 atom stereocenters. The lowest BCUT2D eigenvalue weighted by molar-refractivity contribution is -0.137. The summed E-state index contributed by atoms with van der Waals surface area (Å²) in [5, 5.41) is 9.26. The highest BCUT2D eigenvalue weighted by molar-refractivity contribution is 5.88. The zero-order valence-electron chi connectivity index (χ0n) is 16.3. The normalized spacial score (nSPS) is 10.8. The van der Waals surface area contributed by atoms with Crippen molar-refractivity contribution in [2.45, 2.75) is 19.0 Å². The minimum atomic E-state index is -4.51. The van der Waals surface area contributed by atoms with Gasteiger partial charge in [-0.15, -0.1) is 0 Å². The SMILES string of the molecule is O=C(O)c1ccc(C#Cc2ccccc2C(F)(F)F)c(CCCOc2cccnc2)c1. The molecule has 3 aromatic rings. The first kappa shape index (κ1) is 21.9. The maximum atomic E-state index is 13.2. The molecule has 0 saturated heterocycles. The van der Waals surface area contributed by atoms with Crippen molar-refractivity contribution in [2.24, 2.45) is 0 Å². The van der Waals surface area contributed by atoms with Crippen LogP contribution in [-0.4, -0.2) is 22.7 Å². The molecule has 0 spiro atoms. The van der Waals surface area contributed by atoms with Gasteiger partial charge >= 0.3 is 12.1 Å². The Bertz CT molecular complexity index is 1120. The minimum Gasteiger partial charge on any atom is -0.492 e. The van der Waals surface area contributed by atoms with Crippen LogP contribution < -0.4 is 4.74 Å². The van der Waals surface area contributed by atoms with E-state index in [4.69, 9.17) is 4.74 Å². The summed E-state index contributed by atoms with van der Waals surface area (Å²) >= 11 is 0. The Labute approximate surface area is 177 Å². The van der Waals surface area contributed by atoms with E-state index in [1.165, 1.54) is 36.4 Å². The second-order valence-electron chi connectivity index (χ2n) is 6.61. The Hall–Kier alpha value is -3.79. The predicted octanol–water partition coefficient (Wildman–Crippen LogP) is 5.21. The molecule has 1 aromatic heterocycles. The van der Waals surface area contributed by atoms with Crippen LogP contribution in [0.1, 0.15) is 39.0 Å². The zero-order valence-corrected chi connectivity index (χ0v) is 16.3. The van der Waals surface area contributed by atoms with Crippen molar-refractivity contribution in [2.75, 3.05) is 6.61 Å². The van der Waals surface area contributed by atoms with E-state index in [0.29, 0.717) is 36.3 Å². The van der Waals surface area contributed by atoms with Gasteiger partial charge in [0.2, 0.25) is 0 Å². The quantitative estimate of drug-likeness (QED) is 0.435. The highest BCUT2D eigenvalue weighted by Crippen LogP contribution is 2.31. The molecule has 0 aliphatic carbocycles. The molecule has 0 bridgehead atoms. The van der Waals surface area contributed by atoms with Gasteiger partial charge < -0.3 is 9.84 Å². The number of carbonyl (C=O) groups is 1. The van der Waals surface area contributed by atoms with Crippen LogP contribution in [0.2, 0.25) is 0 Å². The molecule has 3 rings (SSSR count). The molecule has 7 heteroatoms. The fourth-order valence-corrected chi connectivity index (χ4v) is 2.91. The summed E-state index contributed by atoms with van der Waals surface area (Å²) < 4.78 is 45.2. The van der Waals surface area contributed by atoms with Gasteiger partial charge in [-0.25, -0.2) is 4.79 Å². The summed E-state index contributed by atoms with van der Waals surface area (Å²) in [5.41, 5.74) is 0.249. The molecule has 0 unspecified atom stereocenters. The van der Waals surface area contributed by atoms with Crippen LogP contribution in [0.15, 0.2) is 67.0 Å². The summed E-state index contributed by atoms with van der Waals surface area (Å²) in [4.78, 5) is 15.3. The fourth-order valence-electron chi connectivity index (χ4n) is 2.91. The van der Waals surface area contributed by atoms with Crippen LogP contribution in [0, 0.1) is 11.8 Å². The van der Waals surface area contributed by atoms with Gasteiger partial charge in [-0.05, 0) is 60.9 Å². The number of hydrogen-bond donors (Lipinski definition) is 1. The van der Waals surface area contributed by atoms with E-state index in [-0.39, 0.29) is 11.1 Å². The highest BCUT2D eigenvalue weighted by Gasteiger charge is 2.32. The summed E-state index contributed by atoms with van der Waals surface area (Å²) in [6, 6.07) is 13.0. The first-order valence-corrected chi connectivity index (χ1v) is 9.42. The molecule has 31 heavy (non-hydrogen) atoms. The van der Waals surface area contributed by atoms with Crippen molar-refractivity contribution in [1.29, 1.82) is 0 Å². The Balaban J connectivity index is 1.81. The van der Waals surface area contributed by atoms with Crippen LogP contribution in [0.4, 0.5) is 13.2 Å². The van der Waals surface area contributed by atoms with Crippen LogP contribution in [0.3, 0.4) is 0 Å². The van der Waals surface area contributed by atoms with Crippen molar-refractivity contribution in [3.63, 3.8) is 0 Å². The van der Waals surface area contributed by atoms with Gasteiger partial charge in [0.15, 0.2) is 0 Å². The third kappa shape index (κ3) is 6.09. The maximum Gasteiger partial charge on any atom is 0.417 e. The Morgan fingerprint density at radius 3 is 2.52 bits per heavy atom. The molecule has 1 N–H and O–H groups in total. The number of nitrogens with zero attached hydrogens (tertiary/aromatic N) is 1. The van der Waals surface area contributed by atoms with Gasteiger partial charge in [-0.3, -0.25) is 4.98 Å². The van der Waals surface area contributed by atoms with Crippen LogP contribution in [0.25, 0.3) is 0 Å². The molecule has 1 heterocycles. The number of aromatic nitrogens is 1. The molecule has 2 aromatic carbocycles. The Morgan fingerprint density at radius 2 is 1.81 bits per heavy atom. The van der Waals surface area contributed by atoms with E-state index in [1.54, 1.807) is 24.5 Å². The number of halogens is 3.